The first kappa shape index (κ1) is 17.8. The van der Waals surface area contributed by atoms with Crippen LogP contribution < -0.4 is 10.2 Å². The zero-order valence-corrected chi connectivity index (χ0v) is 14.4. The number of aryl methyl sites for hydroxylation is 1. The molecule has 2 atom stereocenters. The van der Waals surface area contributed by atoms with Gasteiger partial charge in [-0.1, -0.05) is 17.7 Å². The third kappa shape index (κ3) is 3.67. The van der Waals surface area contributed by atoms with Crippen LogP contribution in [0.4, 0.5) is 5.69 Å². The van der Waals surface area contributed by atoms with Crippen LogP contribution in [0.1, 0.15) is 18.4 Å². The number of benzene rings is 1. The topological polar surface area (TPSA) is 52.7 Å². The number of rotatable bonds is 3. The van der Waals surface area contributed by atoms with Gasteiger partial charge in [-0.2, -0.15) is 0 Å². The van der Waals surface area contributed by atoms with E-state index in [1.54, 1.807) is 4.90 Å². The van der Waals surface area contributed by atoms with Crippen LogP contribution in [0.5, 0.6) is 0 Å². The molecule has 0 radical (unpaired) electrons. The van der Waals surface area contributed by atoms with Crippen LogP contribution in [0, 0.1) is 12.8 Å². The highest BCUT2D eigenvalue weighted by molar-refractivity contribution is 6.00. The fourth-order valence-electron chi connectivity index (χ4n) is 3.29. The molecule has 2 unspecified atom stereocenters. The van der Waals surface area contributed by atoms with Gasteiger partial charge in [0.1, 0.15) is 0 Å². The third-order valence-electron chi connectivity index (χ3n) is 4.75. The molecule has 0 spiro atoms. The van der Waals surface area contributed by atoms with Crippen LogP contribution in [-0.4, -0.2) is 49.4 Å². The molecule has 1 aromatic rings. The Morgan fingerprint density at radius 2 is 2.00 bits per heavy atom. The Morgan fingerprint density at radius 3 is 2.61 bits per heavy atom. The van der Waals surface area contributed by atoms with Gasteiger partial charge in [-0.3, -0.25) is 9.59 Å². The number of halogens is 1. The van der Waals surface area contributed by atoms with Crippen molar-refractivity contribution in [2.24, 2.45) is 5.92 Å². The Morgan fingerprint density at radius 1 is 1.30 bits per heavy atom. The number of hydrogen-bond donors (Lipinski definition) is 1. The van der Waals surface area contributed by atoms with Gasteiger partial charge in [0.05, 0.1) is 5.92 Å². The Bertz CT molecular complexity index is 570. The fourth-order valence-corrected chi connectivity index (χ4v) is 3.29. The van der Waals surface area contributed by atoms with Crippen molar-refractivity contribution in [2.75, 3.05) is 31.6 Å². The molecule has 2 aliphatic heterocycles. The van der Waals surface area contributed by atoms with E-state index in [2.05, 4.69) is 5.32 Å². The summed E-state index contributed by atoms with van der Waals surface area (Å²) in [6, 6.07) is 8.15. The lowest BCUT2D eigenvalue weighted by Crippen LogP contribution is -2.42. The van der Waals surface area contributed by atoms with Crippen molar-refractivity contribution in [1.29, 1.82) is 0 Å². The predicted molar refractivity (Wildman–Crippen MR) is 92.9 cm³/mol. The molecular formula is C17H24ClN3O2. The first-order valence-corrected chi connectivity index (χ1v) is 7.90. The van der Waals surface area contributed by atoms with Crippen molar-refractivity contribution < 1.29 is 9.59 Å². The minimum Gasteiger partial charge on any atom is -0.341 e. The Balaban J connectivity index is 0.00000192. The first-order valence-electron chi connectivity index (χ1n) is 7.90. The average Bonchev–Trinajstić information content (AvgIpc) is 3.16. The van der Waals surface area contributed by atoms with Gasteiger partial charge in [0.25, 0.3) is 0 Å². The molecule has 0 aromatic heterocycles. The van der Waals surface area contributed by atoms with Crippen LogP contribution in [0.3, 0.4) is 0 Å². The van der Waals surface area contributed by atoms with E-state index < -0.39 is 0 Å². The van der Waals surface area contributed by atoms with E-state index in [1.807, 2.05) is 43.1 Å². The van der Waals surface area contributed by atoms with Gasteiger partial charge < -0.3 is 15.1 Å². The molecular weight excluding hydrogens is 314 g/mol. The molecule has 3 rings (SSSR count). The lowest BCUT2D eigenvalue weighted by molar-refractivity contribution is -0.136. The monoisotopic (exact) mass is 337 g/mol. The van der Waals surface area contributed by atoms with E-state index >= 15 is 0 Å². The maximum atomic E-state index is 12.6. The molecule has 2 saturated heterocycles. The number of hydrogen-bond acceptors (Lipinski definition) is 3. The summed E-state index contributed by atoms with van der Waals surface area (Å²) in [6.07, 6.45) is 1.31. The van der Waals surface area contributed by atoms with Crippen molar-refractivity contribution in [1.82, 2.24) is 10.2 Å². The normalized spacial score (nSPS) is 23.7. The number of nitrogens with zero attached hydrogens (tertiary/aromatic N) is 2. The van der Waals surface area contributed by atoms with Gasteiger partial charge in [-0.25, -0.2) is 0 Å². The van der Waals surface area contributed by atoms with Crippen LogP contribution in [0.15, 0.2) is 24.3 Å². The molecule has 5 nitrogen and oxygen atoms in total. The van der Waals surface area contributed by atoms with Gasteiger partial charge >= 0.3 is 0 Å². The van der Waals surface area contributed by atoms with E-state index in [0.29, 0.717) is 13.0 Å². The summed E-state index contributed by atoms with van der Waals surface area (Å²) in [5.74, 6) is -0.0868. The molecule has 23 heavy (non-hydrogen) atoms. The van der Waals surface area contributed by atoms with Gasteiger partial charge in [0.2, 0.25) is 11.8 Å². The molecule has 6 heteroatoms. The zero-order chi connectivity index (χ0) is 15.7. The third-order valence-corrected chi connectivity index (χ3v) is 4.75. The summed E-state index contributed by atoms with van der Waals surface area (Å²) in [6.45, 7) is 4.32. The van der Waals surface area contributed by atoms with Crippen molar-refractivity contribution in [2.45, 2.75) is 25.8 Å². The van der Waals surface area contributed by atoms with Crippen molar-refractivity contribution in [3.63, 3.8) is 0 Å². The number of likely N-dealkylation sites (N-methyl/N-ethyl adjacent to an activating group) is 1. The zero-order valence-electron chi connectivity index (χ0n) is 13.6. The maximum Gasteiger partial charge on any atom is 0.228 e. The average molecular weight is 338 g/mol. The number of carbonyl (C=O) groups excluding carboxylic acids is 2. The van der Waals surface area contributed by atoms with Gasteiger partial charge in [-0.05, 0) is 32.0 Å². The van der Waals surface area contributed by atoms with Crippen LogP contribution in [0.25, 0.3) is 0 Å². The van der Waals surface area contributed by atoms with E-state index in [4.69, 9.17) is 0 Å². The second-order valence-electron chi connectivity index (χ2n) is 6.34. The molecule has 2 aliphatic rings. The minimum atomic E-state index is -0.223. The van der Waals surface area contributed by atoms with Crippen LogP contribution in [-0.2, 0) is 9.59 Å². The summed E-state index contributed by atoms with van der Waals surface area (Å²) >= 11 is 0. The Labute approximate surface area is 143 Å². The van der Waals surface area contributed by atoms with Crippen molar-refractivity contribution in [3.05, 3.63) is 29.8 Å². The van der Waals surface area contributed by atoms with Gasteiger partial charge in [0.15, 0.2) is 0 Å². The highest BCUT2D eigenvalue weighted by Gasteiger charge is 2.38. The first-order chi connectivity index (χ1) is 10.6. The van der Waals surface area contributed by atoms with E-state index in [9.17, 15) is 9.59 Å². The fraction of sp³-hybridized carbons (Fsp3) is 0.529. The van der Waals surface area contributed by atoms with Gasteiger partial charge in [-0.15, -0.1) is 12.4 Å². The summed E-state index contributed by atoms with van der Waals surface area (Å²) in [7, 11) is 1.86. The van der Waals surface area contributed by atoms with Crippen molar-refractivity contribution in [3.8, 4) is 0 Å². The van der Waals surface area contributed by atoms with Gasteiger partial charge in [0, 0.05) is 38.3 Å². The van der Waals surface area contributed by atoms with Crippen LogP contribution >= 0.6 is 12.4 Å². The molecule has 0 bridgehead atoms. The number of nitrogens with one attached hydrogen (secondary N) is 1. The lowest BCUT2D eigenvalue weighted by Gasteiger charge is -2.26. The van der Waals surface area contributed by atoms with E-state index in [-0.39, 0.29) is 36.2 Å². The minimum absolute atomic E-state index is 0. The number of amides is 2. The summed E-state index contributed by atoms with van der Waals surface area (Å²) in [5, 5.41) is 3.28. The largest absolute Gasteiger partial charge is 0.341 e. The predicted octanol–water partition coefficient (Wildman–Crippen LogP) is 1.59. The smallest absolute Gasteiger partial charge is 0.228 e. The second-order valence-corrected chi connectivity index (χ2v) is 6.34. The Hall–Kier alpha value is -1.59. The number of carbonyl (C=O) groups is 2. The molecule has 126 valence electrons. The van der Waals surface area contributed by atoms with Crippen LogP contribution in [0.2, 0.25) is 0 Å². The second kappa shape index (κ2) is 7.32. The molecule has 1 N–H and O–H groups in total. The van der Waals surface area contributed by atoms with E-state index in [1.165, 1.54) is 0 Å². The summed E-state index contributed by atoms with van der Waals surface area (Å²) in [5.41, 5.74) is 2.05. The standard InChI is InChI=1S/C17H23N3O2.ClH/c1-12-3-5-14(6-4-12)20-11-13(9-16(20)21)17(22)19(2)15-7-8-18-10-15;/h3-6,13,15,18H,7-11H2,1-2H3;1H. The highest BCUT2D eigenvalue weighted by atomic mass is 35.5. The summed E-state index contributed by atoms with van der Waals surface area (Å²) in [4.78, 5) is 28.5. The van der Waals surface area contributed by atoms with Crippen molar-refractivity contribution >= 4 is 29.9 Å². The molecule has 2 amide bonds. The maximum absolute atomic E-state index is 12.6. The highest BCUT2D eigenvalue weighted by Crippen LogP contribution is 2.27. The molecule has 0 aliphatic carbocycles. The molecule has 2 heterocycles. The quantitative estimate of drug-likeness (QED) is 0.911. The summed E-state index contributed by atoms with van der Waals surface area (Å²) < 4.78 is 0. The molecule has 2 fully saturated rings. The Kier molecular flexibility index (Phi) is 5.65. The molecule has 0 saturated carbocycles. The number of anilines is 1. The lowest BCUT2D eigenvalue weighted by atomic mass is 10.1. The molecule has 1 aromatic carbocycles. The SMILES string of the molecule is Cc1ccc(N2CC(C(=O)N(C)C3CCNC3)CC2=O)cc1.Cl. The van der Waals surface area contributed by atoms with E-state index in [0.717, 1.165) is 30.8 Å².